The maximum atomic E-state index is 12.9. The highest BCUT2D eigenvalue weighted by molar-refractivity contribution is 5.95. The second-order valence-corrected chi connectivity index (χ2v) is 6.89. The molecule has 8 nitrogen and oxygen atoms in total. The molecular formula is C20H21N5O3. The van der Waals surface area contributed by atoms with Crippen LogP contribution in [0.5, 0.6) is 0 Å². The maximum absolute atomic E-state index is 12.9. The normalized spacial score (nSPS) is 13.4. The summed E-state index contributed by atoms with van der Waals surface area (Å²) < 4.78 is 0. The Hall–Kier alpha value is -3.42. The number of rotatable bonds is 5. The van der Waals surface area contributed by atoms with Gasteiger partial charge in [-0.3, -0.25) is 9.89 Å². The molecule has 1 amide bonds. The Morgan fingerprint density at radius 2 is 2.18 bits per heavy atom. The lowest BCUT2D eigenvalue weighted by Crippen LogP contribution is -2.36. The van der Waals surface area contributed by atoms with Gasteiger partial charge in [0.25, 0.3) is 5.91 Å². The Bertz CT molecular complexity index is 1040. The third-order valence-electron chi connectivity index (χ3n) is 4.95. The fourth-order valence-corrected chi connectivity index (χ4v) is 3.51. The Morgan fingerprint density at radius 1 is 1.32 bits per heavy atom. The van der Waals surface area contributed by atoms with Gasteiger partial charge in [0, 0.05) is 24.2 Å². The predicted octanol–water partition coefficient (Wildman–Crippen LogP) is 2.65. The Balaban J connectivity index is 1.56. The van der Waals surface area contributed by atoms with E-state index in [9.17, 15) is 14.7 Å². The molecule has 0 atom stereocenters. The van der Waals surface area contributed by atoms with Gasteiger partial charge in [0.2, 0.25) is 0 Å². The van der Waals surface area contributed by atoms with Gasteiger partial charge in [-0.2, -0.15) is 5.10 Å². The van der Waals surface area contributed by atoms with Gasteiger partial charge in [-0.25, -0.2) is 9.78 Å². The molecule has 8 heteroatoms. The smallest absolute Gasteiger partial charge is 0.335 e. The second-order valence-electron chi connectivity index (χ2n) is 6.89. The number of H-pyrrole nitrogens is 2. The van der Waals surface area contributed by atoms with Crippen molar-refractivity contribution < 1.29 is 14.7 Å². The predicted molar refractivity (Wildman–Crippen MR) is 102 cm³/mol. The first-order valence-corrected chi connectivity index (χ1v) is 9.29. The number of carbonyl (C=O) groups is 2. The Kier molecular flexibility index (Phi) is 4.68. The molecule has 0 saturated heterocycles. The minimum Gasteiger partial charge on any atom is -0.478 e. The van der Waals surface area contributed by atoms with Crippen LogP contribution in [0.3, 0.4) is 0 Å². The highest BCUT2D eigenvalue weighted by atomic mass is 16.4. The number of imidazole rings is 1. The molecule has 1 aliphatic rings. The highest BCUT2D eigenvalue weighted by Gasteiger charge is 2.26. The molecule has 3 heterocycles. The Morgan fingerprint density at radius 3 is 2.96 bits per heavy atom. The van der Waals surface area contributed by atoms with Crippen LogP contribution in [0.15, 0.2) is 30.5 Å². The average molecular weight is 379 g/mol. The number of carboxylic acid groups (broad SMARTS) is 1. The summed E-state index contributed by atoms with van der Waals surface area (Å²) in [5.74, 6) is -0.387. The summed E-state index contributed by atoms with van der Waals surface area (Å²) in [6, 6.07) is 6.67. The molecule has 3 aromatic rings. The number of carboxylic acids is 1. The molecular weight excluding hydrogens is 358 g/mol. The van der Waals surface area contributed by atoms with E-state index in [4.69, 9.17) is 0 Å². The second kappa shape index (κ2) is 7.30. The van der Waals surface area contributed by atoms with Crippen LogP contribution in [0.25, 0.3) is 11.4 Å². The molecule has 28 heavy (non-hydrogen) atoms. The molecule has 3 N–H and O–H groups in total. The third-order valence-corrected chi connectivity index (χ3v) is 4.95. The minimum absolute atomic E-state index is 0.0353. The van der Waals surface area contributed by atoms with Crippen LogP contribution in [0.1, 0.15) is 51.1 Å². The lowest BCUT2D eigenvalue weighted by molar-refractivity contribution is 0.0694. The lowest BCUT2D eigenvalue weighted by Gasteiger charge is -2.26. The minimum atomic E-state index is -0.974. The zero-order valence-electron chi connectivity index (χ0n) is 15.5. The van der Waals surface area contributed by atoms with E-state index in [1.54, 1.807) is 29.3 Å². The van der Waals surface area contributed by atoms with Crippen LogP contribution < -0.4 is 0 Å². The molecule has 144 valence electrons. The number of aromatic carboxylic acids is 1. The van der Waals surface area contributed by atoms with Gasteiger partial charge in [-0.05, 0) is 18.6 Å². The van der Waals surface area contributed by atoms with E-state index in [-0.39, 0.29) is 11.5 Å². The first kappa shape index (κ1) is 18.0. The topological polar surface area (TPSA) is 115 Å². The van der Waals surface area contributed by atoms with Crippen molar-refractivity contribution in [2.75, 3.05) is 6.54 Å². The molecule has 0 aliphatic carbocycles. The van der Waals surface area contributed by atoms with E-state index in [1.165, 1.54) is 0 Å². The zero-order chi connectivity index (χ0) is 19.7. The summed E-state index contributed by atoms with van der Waals surface area (Å²) in [6.07, 6.45) is 3.97. The number of aryl methyl sites for hydroxylation is 1. The van der Waals surface area contributed by atoms with Crippen molar-refractivity contribution in [1.29, 1.82) is 0 Å². The van der Waals surface area contributed by atoms with Gasteiger partial charge in [-0.15, -0.1) is 0 Å². The summed E-state index contributed by atoms with van der Waals surface area (Å²) in [4.78, 5) is 33.8. The fourth-order valence-electron chi connectivity index (χ4n) is 3.51. The van der Waals surface area contributed by atoms with Crippen molar-refractivity contribution in [2.24, 2.45) is 0 Å². The van der Waals surface area contributed by atoms with E-state index >= 15 is 0 Å². The number of fused-ring (bicyclic) bond motifs is 1. The number of aromatic nitrogens is 4. The SMILES string of the molecule is CCCc1[nH]ncc1C(=O)N1CCc2nc(-c3cccc(C(=O)O)c3)[nH]c2C1. The molecule has 0 bridgehead atoms. The first-order chi connectivity index (χ1) is 13.6. The highest BCUT2D eigenvalue weighted by Crippen LogP contribution is 2.25. The van der Waals surface area contributed by atoms with E-state index in [0.29, 0.717) is 36.5 Å². The summed E-state index contributed by atoms with van der Waals surface area (Å²) in [6.45, 7) is 3.09. The summed E-state index contributed by atoms with van der Waals surface area (Å²) in [5, 5.41) is 16.1. The van der Waals surface area contributed by atoms with Crippen molar-refractivity contribution in [1.82, 2.24) is 25.1 Å². The molecule has 0 radical (unpaired) electrons. The maximum Gasteiger partial charge on any atom is 0.335 e. The molecule has 1 aromatic carbocycles. The van der Waals surface area contributed by atoms with Crippen LogP contribution in [-0.4, -0.2) is 48.6 Å². The van der Waals surface area contributed by atoms with E-state index in [2.05, 4.69) is 27.1 Å². The van der Waals surface area contributed by atoms with Crippen LogP contribution in [-0.2, 0) is 19.4 Å². The van der Waals surface area contributed by atoms with Crippen molar-refractivity contribution >= 4 is 11.9 Å². The third kappa shape index (κ3) is 3.28. The monoisotopic (exact) mass is 379 g/mol. The molecule has 0 saturated carbocycles. The van der Waals surface area contributed by atoms with E-state index < -0.39 is 5.97 Å². The fraction of sp³-hybridized carbons (Fsp3) is 0.300. The van der Waals surface area contributed by atoms with Crippen molar-refractivity contribution in [2.45, 2.75) is 32.7 Å². The lowest BCUT2D eigenvalue weighted by atomic mass is 10.1. The van der Waals surface area contributed by atoms with Crippen LogP contribution in [0, 0.1) is 0 Å². The van der Waals surface area contributed by atoms with Crippen LogP contribution >= 0.6 is 0 Å². The Labute approximate surface area is 161 Å². The van der Waals surface area contributed by atoms with Gasteiger partial charge in [-0.1, -0.05) is 25.5 Å². The first-order valence-electron chi connectivity index (χ1n) is 9.29. The summed E-state index contributed by atoms with van der Waals surface area (Å²) in [5.41, 5.74) is 4.23. The standard InChI is InChI=1S/C20H21N5O3/c1-2-4-15-14(10-21-24-15)19(26)25-8-7-16-17(11-25)23-18(22-16)12-5-3-6-13(9-12)20(27)28/h3,5-6,9-10H,2,4,7-8,11H2,1H3,(H,21,24)(H,22,23)(H,27,28). The number of aromatic amines is 2. The van der Waals surface area contributed by atoms with Gasteiger partial charge in [0.1, 0.15) is 5.82 Å². The number of nitrogens with zero attached hydrogens (tertiary/aromatic N) is 3. The zero-order valence-corrected chi connectivity index (χ0v) is 15.5. The average Bonchev–Trinajstić information content (AvgIpc) is 3.34. The van der Waals surface area contributed by atoms with E-state index in [0.717, 1.165) is 29.9 Å². The summed E-state index contributed by atoms with van der Waals surface area (Å²) in [7, 11) is 0. The number of hydrogen-bond acceptors (Lipinski definition) is 4. The number of benzene rings is 1. The molecule has 2 aromatic heterocycles. The number of hydrogen-bond donors (Lipinski definition) is 3. The number of carbonyl (C=O) groups excluding carboxylic acids is 1. The van der Waals surface area contributed by atoms with Gasteiger partial charge >= 0.3 is 5.97 Å². The van der Waals surface area contributed by atoms with Crippen molar-refractivity contribution in [3.63, 3.8) is 0 Å². The molecule has 0 fully saturated rings. The van der Waals surface area contributed by atoms with Gasteiger partial charge < -0.3 is 15.0 Å². The molecule has 4 rings (SSSR count). The number of amides is 1. The molecule has 1 aliphatic heterocycles. The van der Waals surface area contributed by atoms with E-state index in [1.807, 2.05) is 6.07 Å². The molecule has 0 spiro atoms. The van der Waals surface area contributed by atoms with Crippen molar-refractivity contribution in [3.05, 3.63) is 58.7 Å². The van der Waals surface area contributed by atoms with Gasteiger partial charge in [0.05, 0.1) is 35.3 Å². The number of nitrogens with one attached hydrogen (secondary N) is 2. The van der Waals surface area contributed by atoms with Crippen molar-refractivity contribution in [3.8, 4) is 11.4 Å². The van der Waals surface area contributed by atoms with Crippen LogP contribution in [0.4, 0.5) is 0 Å². The quantitative estimate of drug-likeness (QED) is 0.630. The molecule has 0 unspecified atom stereocenters. The van der Waals surface area contributed by atoms with Crippen LogP contribution in [0.2, 0.25) is 0 Å². The largest absolute Gasteiger partial charge is 0.478 e. The summed E-state index contributed by atoms with van der Waals surface area (Å²) >= 11 is 0. The van der Waals surface area contributed by atoms with Gasteiger partial charge in [0.15, 0.2) is 0 Å².